The van der Waals surface area contributed by atoms with Crippen LogP contribution < -0.4 is 0 Å². The van der Waals surface area contributed by atoms with Crippen LogP contribution in [0.5, 0.6) is 0 Å². The van der Waals surface area contributed by atoms with Gasteiger partial charge >= 0.3 is 0 Å². The van der Waals surface area contributed by atoms with E-state index in [2.05, 4.69) is 16.2 Å². The summed E-state index contributed by atoms with van der Waals surface area (Å²) in [5, 5.41) is 13.3. The lowest BCUT2D eigenvalue weighted by molar-refractivity contribution is 0.626. The average Bonchev–Trinajstić information content (AvgIpc) is 3.09. The van der Waals surface area contributed by atoms with Crippen LogP contribution in [0, 0.1) is 17.1 Å². The normalized spacial score (nSPS) is 10.5. The second kappa shape index (κ2) is 7.51. The molecule has 4 nitrogen and oxygen atoms in total. The van der Waals surface area contributed by atoms with E-state index in [-0.39, 0.29) is 5.82 Å². The number of aromatic nitrogens is 3. The fourth-order valence-electron chi connectivity index (χ4n) is 2.49. The van der Waals surface area contributed by atoms with Crippen molar-refractivity contribution in [1.82, 2.24) is 14.8 Å². The van der Waals surface area contributed by atoms with Crippen molar-refractivity contribution in [2.75, 3.05) is 0 Å². The third kappa shape index (κ3) is 4.05. The minimum absolute atomic E-state index is 0.198. The Kier molecular flexibility index (Phi) is 4.97. The summed E-state index contributed by atoms with van der Waals surface area (Å²) in [6, 6.07) is 16.0. The Morgan fingerprint density at radius 1 is 0.958 bits per heavy atom. The molecule has 2 aromatic carbocycles. The average molecular weight is 320 g/mol. The third-order valence-electron chi connectivity index (χ3n) is 3.83. The summed E-state index contributed by atoms with van der Waals surface area (Å²) in [6.07, 6.45) is 5.42. The maximum absolute atomic E-state index is 12.8. The highest BCUT2D eigenvalue weighted by Crippen LogP contribution is 2.11. The van der Waals surface area contributed by atoms with Crippen LogP contribution in [0.3, 0.4) is 0 Å². The van der Waals surface area contributed by atoms with Crippen LogP contribution in [0.25, 0.3) is 5.69 Å². The van der Waals surface area contributed by atoms with Gasteiger partial charge in [0.2, 0.25) is 0 Å². The zero-order valence-corrected chi connectivity index (χ0v) is 13.2. The number of nitrogens with zero attached hydrogens (tertiary/aromatic N) is 4. The minimum atomic E-state index is -0.198. The summed E-state index contributed by atoms with van der Waals surface area (Å²) in [7, 11) is 0. The predicted molar refractivity (Wildman–Crippen MR) is 89.1 cm³/mol. The summed E-state index contributed by atoms with van der Waals surface area (Å²) < 4.78 is 14.6. The highest BCUT2D eigenvalue weighted by molar-refractivity contribution is 5.38. The zero-order valence-electron chi connectivity index (χ0n) is 13.2. The molecule has 0 spiro atoms. The summed E-state index contributed by atoms with van der Waals surface area (Å²) in [6.45, 7) is 0. The van der Waals surface area contributed by atoms with Gasteiger partial charge in [-0.3, -0.25) is 0 Å². The topological polar surface area (TPSA) is 54.5 Å². The van der Waals surface area contributed by atoms with Crippen molar-refractivity contribution in [3.8, 4) is 11.8 Å². The van der Waals surface area contributed by atoms with Gasteiger partial charge in [-0.2, -0.15) is 10.4 Å². The van der Waals surface area contributed by atoms with Crippen LogP contribution in [0.1, 0.15) is 29.8 Å². The van der Waals surface area contributed by atoms with Gasteiger partial charge in [-0.25, -0.2) is 14.1 Å². The van der Waals surface area contributed by atoms with E-state index in [0.29, 0.717) is 5.56 Å². The second-order valence-corrected chi connectivity index (χ2v) is 5.60. The van der Waals surface area contributed by atoms with E-state index in [1.807, 2.05) is 24.3 Å². The van der Waals surface area contributed by atoms with Gasteiger partial charge in [0.25, 0.3) is 0 Å². The lowest BCUT2D eigenvalue weighted by Crippen LogP contribution is -1.97. The molecule has 5 heteroatoms. The molecule has 0 N–H and O–H groups in total. The molecule has 120 valence electrons. The van der Waals surface area contributed by atoms with Gasteiger partial charge < -0.3 is 0 Å². The Morgan fingerprint density at radius 3 is 2.38 bits per heavy atom. The third-order valence-corrected chi connectivity index (χ3v) is 3.83. The zero-order chi connectivity index (χ0) is 16.8. The van der Waals surface area contributed by atoms with Gasteiger partial charge in [0.05, 0.1) is 17.3 Å². The number of hydrogen-bond acceptors (Lipinski definition) is 3. The molecule has 0 aliphatic carbocycles. The van der Waals surface area contributed by atoms with Crippen LogP contribution in [0.2, 0.25) is 0 Å². The first kappa shape index (κ1) is 15.9. The smallest absolute Gasteiger partial charge is 0.151 e. The lowest BCUT2D eigenvalue weighted by atomic mass is 10.1. The Hall–Kier alpha value is -3.00. The first-order valence-electron chi connectivity index (χ1n) is 7.90. The molecule has 24 heavy (non-hydrogen) atoms. The monoisotopic (exact) mass is 320 g/mol. The maximum atomic E-state index is 12.8. The molecule has 0 amide bonds. The largest absolute Gasteiger partial charge is 0.221 e. The minimum Gasteiger partial charge on any atom is -0.221 e. The molecule has 3 aromatic rings. The predicted octanol–water partition coefficient (Wildman–Crippen LogP) is 3.84. The van der Waals surface area contributed by atoms with Crippen molar-refractivity contribution >= 4 is 0 Å². The Morgan fingerprint density at radius 2 is 1.67 bits per heavy atom. The van der Waals surface area contributed by atoms with E-state index >= 15 is 0 Å². The number of hydrogen-bond donors (Lipinski definition) is 0. The number of nitriles is 1. The van der Waals surface area contributed by atoms with Crippen LogP contribution in [0.4, 0.5) is 4.39 Å². The highest BCUT2D eigenvalue weighted by Gasteiger charge is 2.03. The van der Waals surface area contributed by atoms with E-state index in [4.69, 9.17) is 5.26 Å². The van der Waals surface area contributed by atoms with Crippen molar-refractivity contribution in [3.63, 3.8) is 0 Å². The molecule has 3 rings (SSSR count). The molecule has 0 radical (unpaired) electrons. The molecular formula is C19H17FN4. The van der Waals surface area contributed by atoms with Crippen molar-refractivity contribution in [2.24, 2.45) is 0 Å². The van der Waals surface area contributed by atoms with Crippen molar-refractivity contribution in [1.29, 1.82) is 5.26 Å². The van der Waals surface area contributed by atoms with E-state index in [9.17, 15) is 4.39 Å². The van der Waals surface area contributed by atoms with Gasteiger partial charge in [-0.15, -0.1) is 0 Å². The van der Waals surface area contributed by atoms with Gasteiger partial charge in [0.15, 0.2) is 5.82 Å². The van der Waals surface area contributed by atoms with Gasteiger partial charge in [-0.05, 0) is 61.2 Å². The van der Waals surface area contributed by atoms with Gasteiger partial charge in [0.1, 0.15) is 12.1 Å². The van der Waals surface area contributed by atoms with Crippen LogP contribution in [-0.2, 0) is 12.8 Å². The molecule has 0 aliphatic heterocycles. The number of halogens is 1. The first-order valence-corrected chi connectivity index (χ1v) is 7.90. The van der Waals surface area contributed by atoms with E-state index < -0.39 is 0 Å². The SMILES string of the molecule is N#Cc1ccc(-n2cnc(CCCCc3ccc(F)cc3)n2)cc1. The molecule has 0 saturated heterocycles. The molecule has 0 unspecified atom stereocenters. The number of benzene rings is 2. The van der Waals surface area contributed by atoms with Crippen molar-refractivity contribution < 1.29 is 4.39 Å². The van der Waals surface area contributed by atoms with Crippen LogP contribution in [0.15, 0.2) is 54.9 Å². The maximum Gasteiger partial charge on any atom is 0.151 e. The van der Waals surface area contributed by atoms with E-state index in [0.717, 1.165) is 42.8 Å². The molecule has 0 fully saturated rings. The molecule has 0 aliphatic rings. The number of aryl methyl sites for hydroxylation is 2. The van der Waals surface area contributed by atoms with Crippen molar-refractivity contribution in [2.45, 2.75) is 25.7 Å². The van der Waals surface area contributed by atoms with E-state index in [1.165, 1.54) is 12.1 Å². The molecule has 1 aromatic heterocycles. The second-order valence-electron chi connectivity index (χ2n) is 5.60. The first-order chi connectivity index (χ1) is 11.7. The standard InChI is InChI=1S/C19H17FN4/c20-17-9-5-15(6-10-17)3-1-2-4-19-22-14-24(23-19)18-11-7-16(13-21)8-12-18/h5-12,14H,1-4H2. The Bertz CT molecular complexity index is 829. The molecule has 0 bridgehead atoms. The molecule has 1 heterocycles. The molecule has 0 atom stereocenters. The van der Waals surface area contributed by atoms with E-state index in [1.54, 1.807) is 23.1 Å². The summed E-state index contributed by atoms with van der Waals surface area (Å²) in [5.41, 5.74) is 2.66. The quantitative estimate of drug-likeness (QED) is 0.648. The highest BCUT2D eigenvalue weighted by atomic mass is 19.1. The fourth-order valence-corrected chi connectivity index (χ4v) is 2.49. The van der Waals surface area contributed by atoms with Crippen molar-refractivity contribution in [3.05, 3.63) is 77.6 Å². The summed E-state index contributed by atoms with van der Waals surface area (Å²) in [5.74, 6) is 0.606. The fraction of sp³-hybridized carbons (Fsp3) is 0.211. The van der Waals surface area contributed by atoms with Crippen LogP contribution >= 0.6 is 0 Å². The summed E-state index contributed by atoms with van der Waals surface area (Å²) >= 11 is 0. The van der Waals surface area contributed by atoms with Crippen LogP contribution in [-0.4, -0.2) is 14.8 Å². The Labute approximate surface area is 140 Å². The Balaban J connectivity index is 1.50. The number of rotatable bonds is 6. The number of unbranched alkanes of at least 4 members (excludes halogenated alkanes) is 1. The molecular weight excluding hydrogens is 303 g/mol. The van der Waals surface area contributed by atoms with Gasteiger partial charge in [0, 0.05) is 6.42 Å². The molecule has 0 saturated carbocycles. The van der Waals surface area contributed by atoms with Gasteiger partial charge in [-0.1, -0.05) is 12.1 Å². The summed E-state index contributed by atoms with van der Waals surface area (Å²) in [4.78, 5) is 4.33. The lowest BCUT2D eigenvalue weighted by Gasteiger charge is -2.01.